The van der Waals surface area contributed by atoms with Gasteiger partial charge in [0.1, 0.15) is 9.84 Å². The SMILES string of the molecule is CC(Cn1cc(Br)cn1)NCCS(C)(=O)=O. The van der Waals surface area contributed by atoms with Gasteiger partial charge in [-0.15, -0.1) is 0 Å². The van der Waals surface area contributed by atoms with Crippen molar-refractivity contribution in [1.82, 2.24) is 15.1 Å². The fraction of sp³-hybridized carbons (Fsp3) is 0.667. The first-order valence-corrected chi connectivity index (χ1v) is 7.81. The van der Waals surface area contributed by atoms with Crippen LogP contribution >= 0.6 is 15.9 Å². The smallest absolute Gasteiger partial charge is 0.148 e. The van der Waals surface area contributed by atoms with E-state index in [-0.39, 0.29) is 11.8 Å². The molecule has 16 heavy (non-hydrogen) atoms. The Balaban J connectivity index is 2.29. The van der Waals surface area contributed by atoms with E-state index in [1.54, 1.807) is 6.20 Å². The van der Waals surface area contributed by atoms with E-state index in [1.165, 1.54) is 6.26 Å². The van der Waals surface area contributed by atoms with E-state index in [4.69, 9.17) is 0 Å². The molecular formula is C9H16BrN3O2S. The summed E-state index contributed by atoms with van der Waals surface area (Å²) in [6, 6.07) is 0.188. The molecule has 0 spiro atoms. The first kappa shape index (κ1) is 13.7. The van der Waals surface area contributed by atoms with Gasteiger partial charge in [-0.3, -0.25) is 4.68 Å². The van der Waals surface area contributed by atoms with Crippen LogP contribution in [-0.2, 0) is 16.4 Å². The van der Waals surface area contributed by atoms with Crippen LogP contribution in [0.3, 0.4) is 0 Å². The fourth-order valence-corrected chi connectivity index (χ4v) is 2.09. The number of nitrogens with zero attached hydrogens (tertiary/aromatic N) is 2. The molecular weight excluding hydrogens is 294 g/mol. The minimum absolute atomic E-state index is 0.167. The summed E-state index contributed by atoms with van der Waals surface area (Å²) in [7, 11) is -2.88. The van der Waals surface area contributed by atoms with Gasteiger partial charge >= 0.3 is 0 Å². The highest BCUT2D eigenvalue weighted by Gasteiger charge is 2.06. The Bertz CT molecular complexity index is 430. The van der Waals surface area contributed by atoms with E-state index in [2.05, 4.69) is 26.3 Å². The minimum Gasteiger partial charge on any atom is -0.311 e. The fourth-order valence-electron chi connectivity index (χ4n) is 1.27. The highest BCUT2D eigenvalue weighted by atomic mass is 79.9. The first-order chi connectivity index (χ1) is 7.37. The van der Waals surface area contributed by atoms with Gasteiger partial charge in [0, 0.05) is 25.0 Å². The van der Waals surface area contributed by atoms with E-state index in [0.717, 1.165) is 11.0 Å². The van der Waals surface area contributed by atoms with Crippen LogP contribution in [0, 0.1) is 0 Å². The van der Waals surface area contributed by atoms with Crippen molar-refractivity contribution < 1.29 is 8.42 Å². The van der Waals surface area contributed by atoms with Gasteiger partial charge in [0.05, 0.1) is 23.0 Å². The molecule has 0 amide bonds. The largest absolute Gasteiger partial charge is 0.311 e. The zero-order valence-corrected chi connectivity index (χ0v) is 11.8. The maximum absolute atomic E-state index is 10.9. The quantitative estimate of drug-likeness (QED) is 0.839. The lowest BCUT2D eigenvalue weighted by Crippen LogP contribution is -2.34. The van der Waals surface area contributed by atoms with E-state index >= 15 is 0 Å². The monoisotopic (exact) mass is 309 g/mol. The van der Waals surface area contributed by atoms with Gasteiger partial charge in [-0.05, 0) is 22.9 Å². The predicted octanol–water partition coefficient (Wildman–Crippen LogP) is 0.668. The Labute approximate surface area is 104 Å². The molecule has 7 heteroatoms. The van der Waals surface area contributed by atoms with Crippen LogP contribution in [0.25, 0.3) is 0 Å². The molecule has 0 radical (unpaired) electrons. The van der Waals surface area contributed by atoms with Crippen LogP contribution in [0.2, 0.25) is 0 Å². The Morgan fingerprint density at radius 2 is 2.31 bits per heavy atom. The normalized spacial score (nSPS) is 13.9. The van der Waals surface area contributed by atoms with Gasteiger partial charge in [-0.2, -0.15) is 5.10 Å². The highest BCUT2D eigenvalue weighted by molar-refractivity contribution is 9.10. The van der Waals surface area contributed by atoms with Crippen molar-refractivity contribution in [1.29, 1.82) is 0 Å². The summed E-state index contributed by atoms with van der Waals surface area (Å²) in [5.41, 5.74) is 0. The molecule has 0 aromatic carbocycles. The average molecular weight is 310 g/mol. The molecule has 1 aromatic heterocycles. The van der Waals surface area contributed by atoms with Gasteiger partial charge in [-0.25, -0.2) is 8.42 Å². The zero-order chi connectivity index (χ0) is 12.2. The number of sulfone groups is 1. The van der Waals surface area contributed by atoms with E-state index in [9.17, 15) is 8.42 Å². The van der Waals surface area contributed by atoms with Crippen molar-refractivity contribution in [3.63, 3.8) is 0 Å². The van der Waals surface area contributed by atoms with Crippen molar-refractivity contribution in [2.75, 3.05) is 18.6 Å². The summed E-state index contributed by atoms with van der Waals surface area (Å²) in [5.74, 6) is 0.167. The third-order valence-electron chi connectivity index (χ3n) is 2.03. The van der Waals surface area contributed by atoms with E-state index in [0.29, 0.717) is 6.54 Å². The van der Waals surface area contributed by atoms with Gasteiger partial charge in [0.15, 0.2) is 0 Å². The number of aromatic nitrogens is 2. The lowest BCUT2D eigenvalue weighted by atomic mass is 10.3. The van der Waals surface area contributed by atoms with E-state index < -0.39 is 9.84 Å². The van der Waals surface area contributed by atoms with E-state index in [1.807, 2.05) is 17.8 Å². The zero-order valence-electron chi connectivity index (χ0n) is 9.35. The summed E-state index contributed by atoms with van der Waals surface area (Å²) in [4.78, 5) is 0. The van der Waals surface area contributed by atoms with Crippen molar-refractivity contribution in [2.45, 2.75) is 19.5 Å². The van der Waals surface area contributed by atoms with Crippen LogP contribution < -0.4 is 5.32 Å². The van der Waals surface area contributed by atoms with Crippen LogP contribution in [0.4, 0.5) is 0 Å². The molecule has 0 fully saturated rings. The molecule has 1 heterocycles. The number of hydrogen-bond acceptors (Lipinski definition) is 4. The van der Waals surface area contributed by atoms with Crippen molar-refractivity contribution in [3.8, 4) is 0 Å². The van der Waals surface area contributed by atoms with Gasteiger partial charge in [-0.1, -0.05) is 0 Å². The molecule has 1 atom stereocenters. The summed E-state index contributed by atoms with van der Waals surface area (Å²) >= 11 is 3.32. The molecule has 1 N–H and O–H groups in total. The maximum Gasteiger partial charge on any atom is 0.148 e. The van der Waals surface area contributed by atoms with Crippen LogP contribution in [0.5, 0.6) is 0 Å². The molecule has 1 unspecified atom stereocenters. The molecule has 0 aliphatic heterocycles. The maximum atomic E-state index is 10.9. The molecule has 0 bridgehead atoms. The molecule has 0 saturated heterocycles. The molecule has 1 aromatic rings. The Morgan fingerprint density at radius 3 is 2.81 bits per heavy atom. The molecule has 0 saturated carbocycles. The summed E-state index contributed by atoms with van der Waals surface area (Å²) < 4.78 is 24.6. The first-order valence-electron chi connectivity index (χ1n) is 4.96. The summed E-state index contributed by atoms with van der Waals surface area (Å²) in [6.45, 7) is 3.19. The molecule has 0 aliphatic rings. The average Bonchev–Trinajstić information content (AvgIpc) is 2.48. The van der Waals surface area contributed by atoms with Crippen LogP contribution in [0.1, 0.15) is 6.92 Å². The minimum atomic E-state index is -2.88. The third kappa shape index (κ3) is 5.62. The second-order valence-corrected chi connectivity index (χ2v) is 7.04. The number of hydrogen-bond donors (Lipinski definition) is 1. The predicted molar refractivity (Wildman–Crippen MR) is 67.1 cm³/mol. The summed E-state index contributed by atoms with van der Waals surface area (Å²) in [5, 5.41) is 7.27. The van der Waals surface area contributed by atoms with Gasteiger partial charge in [0.25, 0.3) is 0 Å². The molecule has 0 aliphatic carbocycles. The molecule has 1 rings (SSSR count). The number of rotatable bonds is 6. The van der Waals surface area contributed by atoms with Crippen molar-refractivity contribution >= 4 is 25.8 Å². The van der Waals surface area contributed by atoms with Gasteiger partial charge in [0.2, 0.25) is 0 Å². The Morgan fingerprint density at radius 1 is 1.62 bits per heavy atom. The Hall–Kier alpha value is -0.400. The highest BCUT2D eigenvalue weighted by Crippen LogP contribution is 2.06. The summed E-state index contributed by atoms with van der Waals surface area (Å²) in [6.07, 6.45) is 4.85. The third-order valence-corrected chi connectivity index (χ3v) is 3.38. The van der Waals surface area contributed by atoms with Crippen LogP contribution in [-0.4, -0.2) is 42.8 Å². The lowest BCUT2D eigenvalue weighted by Gasteiger charge is -2.13. The second-order valence-electron chi connectivity index (χ2n) is 3.87. The van der Waals surface area contributed by atoms with Crippen molar-refractivity contribution in [3.05, 3.63) is 16.9 Å². The van der Waals surface area contributed by atoms with Gasteiger partial charge < -0.3 is 5.32 Å². The van der Waals surface area contributed by atoms with Crippen molar-refractivity contribution in [2.24, 2.45) is 0 Å². The number of nitrogens with one attached hydrogen (secondary N) is 1. The molecule has 92 valence electrons. The standard InChI is InChI=1S/C9H16BrN3O2S/c1-8(11-3-4-16(2,14)15)6-13-7-9(10)5-12-13/h5,7-8,11H,3-4,6H2,1-2H3. The topological polar surface area (TPSA) is 64.0 Å². The lowest BCUT2D eigenvalue weighted by molar-refractivity contribution is 0.461. The number of halogens is 1. The second kappa shape index (κ2) is 5.79. The molecule has 5 nitrogen and oxygen atoms in total. The Kier molecular flexibility index (Phi) is 4.94. The van der Waals surface area contributed by atoms with Crippen LogP contribution in [0.15, 0.2) is 16.9 Å².